The van der Waals surface area contributed by atoms with E-state index in [0.29, 0.717) is 5.69 Å². The third kappa shape index (κ3) is 3.96. The maximum atomic E-state index is 13.4. The second-order valence-electron chi connectivity index (χ2n) is 7.70. The van der Waals surface area contributed by atoms with E-state index < -0.39 is 36.0 Å². The molecule has 0 fully saturated rings. The first-order chi connectivity index (χ1) is 15.4. The lowest BCUT2D eigenvalue weighted by Gasteiger charge is -2.31. The number of fused-ring (bicyclic) bond motifs is 1. The molecule has 3 amide bonds. The van der Waals surface area contributed by atoms with Crippen LogP contribution in [0.2, 0.25) is 0 Å². The Bertz CT molecular complexity index is 1090. The molecule has 0 spiro atoms. The van der Waals surface area contributed by atoms with E-state index in [-0.39, 0.29) is 13.1 Å². The molecule has 0 saturated heterocycles. The summed E-state index contributed by atoms with van der Waals surface area (Å²) in [5.74, 6) is -1.60. The number of carbonyl (C=O) groups excluding carboxylic acids is 2. The molecule has 2 heterocycles. The van der Waals surface area contributed by atoms with Gasteiger partial charge >= 0.3 is 12.0 Å². The highest BCUT2D eigenvalue weighted by Gasteiger charge is 2.40. The number of carbonyl (C=O) groups is 3. The molecule has 2 aromatic rings. The van der Waals surface area contributed by atoms with E-state index >= 15 is 0 Å². The number of para-hydroxylation sites is 1. The van der Waals surface area contributed by atoms with Crippen molar-refractivity contribution in [2.24, 2.45) is 9.98 Å². The smallest absolute Gasteiger partial charge is 0.322 e. The molecule has 0 bridgehead atoms. The van der Waals surface area contributed by atoms with Crippen LogP contribution in [0.3, 0.4) is 0 Å². The van der Waals surface area contributed by atoms with E-state index in [1.807, 2.05) is 42.5 Å². The molecule has 2 aliphatic rings. The van der Waals surface area contributed by atoms with E-state index in [1.54, 1.807) is 31.6 Å². The number of nitrogens with one attached hydrogen (secondary N) is 1. The fourth-order valence-corrected chi connectivity index (χ4v) is 4.02. The highest BCUT2D eigenvalue weighted by atomic mass is 16.4. The number of aliphatic imine (C=N–C) groups is 2. The number of hydrogen-bond acceptors (Lipinski definition) is 5. The second-order valence-corrected chi connectivity index (χ2v) is 7.70. The van der Waals surface area contributed by atoms with Gasteiger partial charge in [-0.25, -0.2) is 4.79 Å². The first kappa shape index (κ1) is 21.2. The summed E-state index contributed by atoms with van der Waals surface area (Å²) in [5, 5.41) is 12.3. The van der Waals surface area contributed by atoms with Gasteiger partial charge in [-0.3, -0.25) is 24.5 Å². The maximum Gasteiger partial charge on any atom is 0.322 e. The molecule has 0 aromatic heterocycles. The van der Waals surface area contributed by atoms with Gasteiger partial charge in [0.2, 0.25) is 5.91 Å². The predicted octanol–water partition coefficient (Wildman–Crippen LogP) is 2.03. The number of hydrogen-bond donors (Lipinski definition) is 2. The van der Waals surface area contributed by atoms with E-state index in [1.165, 1.54) is 9.80 Å². The van der Waals surface area contributed by atoms with Crippen LogP contribution in [0.1, 0.15) is 17.5 Å². The van der Waals surface area contributed by atoms with Crippen molar-refractivity contribution in [2.45, 2.75) is 24.7 Å². The Kier molecular flexibility index (Phi) is 5.72. The van der Waals surface area contributed by atoms with Gasteiger partial charge in [0.25, 0.3) is 0 Å². The fraction of sp³-hybridized carbons (Fsp3) is 0.261. The standard InChI is InChI=1S/C23H23N5O4/c1-27-14-16-7-5-6-10-18(16)28(19(21(27)31)13-20(29)30)22(32)24-15-23(25-11-12-26-23)17-8-3-2-4-9-17/h2-12,19H,13-15H2,1H3,(H,24,32)(H,29,30). The van der Waals surface area contributed by atoms with Gasteiger partial charge in [-0.15, -0.1) is 0 Å². The minimum atomic E-state index is -1.18. The Hall–Kier alpha value is -4.01. The molecule has 0 radical (unpaired) electrons. The Labute approximate surface area is 185 Å². The van der Waals surface area contributed by atoms with Crippen molar-refractivity contribution in [1.82, 2.24) is 10.2 Å². The number of amides is 3. The Morgan fingerprint density at radius 3 is 2.44 bits per heavy atom. The van der Waals surface area contributed by atoms with Gasteiger partial charge in [-0.2, -0.15) is 0 Å². The Morgan fingerprint density at radius 2 is 1.75 bits per heavy atom. The van der Waals surface area contributed by atoms with Gasteiger partial charge in [0.1, 0.15) is 6.04 Å². The van der Waals surface area contributed by atoms with Crippen molar-refractivity contribution in [1.29, 1.82) is 0 Å². The van der Waals surface area contributed by atoms with Gasteiger partial charge in [0.15, 0.2) is 5.66 Å². The molecule has 2 aromatic carbocycles. The van der Waals surface area contributed by atoms with Crippen LogP contribution in [0.4, 0.5) is 10.5 Å². The van der Waals surface area contributed by atoms with Crippen LogP contribution in [0.5, 0.6) is 0 Å². The molecule has 2 N–H and O–H groups in total. The molecule has 2 aliphatic heterocycles. The lowest BCUT2D eigenvalue weighted by atomic mass is 10.0. The number of aliphatic carboxylic acids is 1. The summed E-state index contributed by atoms with van der Waals surface area (Å²) in [7, 11) is 1.60. The largest absolute Gasteiger partial charge is 0.481 e. The predicted molar refractivity (Wildman–Crippen MR) is 120 cm³/mol. The van der Waals surface area contributed by atoms with E-state index in [0.717, 1.165) is 11.1 Å². The van der Waals surface area contributed by atoms with Crippen molar-refractivity contribution in [3.8, 4) is 0 Å². The monoisotopic (exact) mass is 433 g/mol. The zero-order valence-corrected chi connectivity index (χ0v) is 17.5. The molecule has 9 heteroatoms. The minimum Gasteiger partial charge on any atom is -0.481 e. The second kappa shape index (κ2) is 8.62. The lowest BCUT2D eigenvalue weighted by molar-refractivity contribution is -0.141. The molecule has 1 atom stereocenters. The van der Waals surface area contributed by atoms with Crippen LogP contribution in [-0.4, -0.2) is 60.0 Å². The quantitative estimate of drug-likeness (QED) is 0.751. The van der Waals surface area contributed by atoms with Crippen LogP contribution in [-0.2, 0) is 21.8 Å². The fourth-order valence-electron chi connectivity index (χ4n) is 4.02. The van der Waals surface area contributed by atoms with Crippen molar-refractivity contribution >= 4 is 36.0 Å². The molecule has 4 rings (SSSR count). The summed E-state index contributed by atoms with van der Waals surface area (Å²) >= 11 is 0. The summed E-state index contributed by atoms with van der Waals surface area (Å²) in [6.45, 7) is 0.322. The van der Waals surface area contributed by atoms with Gasteiger partial charge in [-0.1, -0.05) is 48.5 Å². The summed E-state index contributed by atoms with van der Waals surface area (Å²) < 4.78 is 0. The number of urea groups is 1. The van der Waals surface area contributed by atoms with Crippen molar-refractivity contribution < 1.29 is 19.5 Å². The zero-order valence-electron chi connectivity index (χ0n) is 17.5. The van der Waals surface area contributed by atoms with Gasteiger partial charge < -0.3 is 15.3 Å². The number of likely N-dealkylation sites (N-methyl/N-ethyl adjacent to an activating group) is 1. The third-order valence-electron chi connectivity index (χ3n) is 5.58. The molecule has 0 saturated carbocycles. The molecule has 9 nitrogen and oxygen atoms in total. The van der Waals surface area contributed by atoms with E-state index in [2.05, 4.69) is 15.3 Å². The Morgan fingerprint density at radius 1 is 1.09 bits per heavy atom. The third-order valence-corrected chi connectivity index (χ3v) is 5.58. The summed E-state index contributed by atoms with van der Waals surface area (Å²) in [5.41, 5.74) is 1.05. The number of carboxylic acid groups (broad SMARTS) is 1. The van der Waals surface area contributed by atoms with Crippen LogP contribution >= 0.6 is 0 Å². The van der Waals surface area contributed by atoms with Crippen molar-refractivity contribution in [3.63, 3.8) is 0 Å². The van der Waals surface area contributed by atoms with Crippen LogP contribution in [0.15, 0.2) is 64.6 Å². The summed E-state index contributed by atoms with van der Waals surface area (Å²) in [6, 6.07) is 14.7. The number of rotatable bonds is 5. The highest BCUT2D eigenvalue weighted by Crippen LogP contribution is 2.31. The first-order valence-corrected chi connectivity index (χ1v) is 10.2. The van der Waals surface area contributed by atoms with Gasteiger partial charge in [-0.05, 0) is 11.6 Å². The highest BCUT2D eigenvalue weighted by molar-refractivity contribution is 6.17. The van der Waals surface area contributed by atoms with Crippen molar-refractivity contribution in [2.75, 3.05) is 18.5 Å². The average molecular weight is 433 g/mol. The molecular weight excluding hydrogens is 410 g/mol. The van der Waals surface area contributed by atoms with Crippen molar-refractivity contribution in [3.05, 3.63) is 65.7 Å². The number of nitrogens with zero attached hydrogens (tertiary/aromatic N) is 4. The van der Waals surface area contributed by atoms with Crippen LogP contribution < -0.4 is 10.2 Å². The molecule has 164 valence electrons. The van der Waals surface area contributed by atoms with Gasteiger partial charge in [0, 0.05) is 31.6 Å². The minimum absolute atomic E-state index is 0.0470. The average Bonchev–Trinajstić information content (AvgIpc) is 3.25. The van der Waals surface area contributed by atoms with E-state index in [9.17, 15) is 19.5 Å². The maximum absolute atomic E-state index is 13.4. The number of benzene rings is 2. The Balaban J connectivity index is 1.67. The van der Waals surface area contributed by atoms with Crippen LogP contribution in [0, 0.1) is 0 Å². The molecule has 0 aliphatic carbocycles. The topological polar surface area (TPSA) is 115 Å². The molecule has 32 heavy (non-hydrogen) atoms. The SMILES string of the molecule is CN1Cc2ccccc2N(C(=O)NCC2(c3ccccc3)N=CC=N2)C(CC(=O)O)C1=O. The zero-order chi connectivity index (χ0) is 22.7. The number of carboxylic acids is 1. The summed E-state index contributed by atoms with van der Waals surface area (Å²) in [4.78, 5) is 49.6. The summed E-state index contributed by atoms with van der Waals surface area (Å²) in [6.07, 6.45) is 2.64. The van der Waals surface area contributed by atoms with Crippen LogP contribution in [0.25, 0.3) is 0 Å². The lowest BCUT2D eigenvalue weighted by Crippen LogP contribution is -2.54. The molecular formula is C23H23N5O4. The van der Waals surface area contributed by atoms with E-state index in [4.69, 9.17) is 0 Å². The number of anilines is 1. The molecule has 1 unspecified atom stereocenters. The first-order valence-electron chi connectivity index (χ1n) is 10.2. The van der Waals surface area contributed by atoms with Gasteiger partial charge in [0.05, 0.1) is 18.7 Å². The normalized spacial score (nSPS) is 18.9.